The van der Waals surface area contributed by atoms with Crippen molar-refractivity contribution in [2.24, 2.45) is 0 Å². The van der Waals surface area contributed by atoms with Crippen molar-refractivity contribution in [3.8, 4) is 0 Å². The summed E-state index contributed by atoms with van der Waals surface area (Å²) in [6.07, 6.45) is 5.44. The van der Waals surface area contributed by atoms with Crippen LogP contribution in [-0.4, -0.2) is 30.5 Å². The zero-order valence-electron chi connectivity index (χ0n) is 10.1. The molecule has 0 unspecified atom stereocenters. The lowest BCUT2D eigenvalue weighted by Crippen LogP contribution is -2.32. The van der Waals surface area contributed by atoms with Gasteiger partial charge >= 0.3 is 0 Å². The quantitative estimate of drug-likeness (QED) is 0.454. The van der Waals surface area contributed by atoms with Crippen LogP contribution in [0.25, 0.3) is 0 Å². The zero-order valence-corrected chi connectivity index (χ0v) is 11.8. The molecule has 0 saturated carbocycles. The van der Waals surface area contributed by atoms with Gasteiger partial charge in [-0.25, -0.2) is 13.0 Å². The van der Waals surface area contributed by atoms with Crippen molar-refractivity contribution >= 4 is 20.5 Å². The van der Waals surface area contributed by atoms with Crippen LogP contribution in [0, 0.1) is 0 Å². The van der Waals surface area contributed by atoms with E-state index in [1.165, 1.54) is 12.1 Å². The molecule has 0 aliphatic rings. The predicted molar refractivity (Wildman–Crippen MR) is 63.7 cm³/mol. The maximum absolute atomic E-state index is 10.7. The summed E-state index contributed by atoms with van der Waals surface area (Å²) < 4.78 is 64.8. The van der Waals surface area contributed by atoms with E-state index >= 15 is 0 Å². The highest BCUT2D eigenvalue weighted by molar-refractivity contribution is 7.85. The molecule has 2 N–H and O–H groups in total. The van der Waals surface area contributed by atoms with Gasteiger partial charge in [0.1, 0.15) is 11.4 Å². The number of aromatic nitrogens is 1. The molecular weight excluding hydrogens is 298 g/mol. The first-order valence-electron chi connectivity index (χ1n) is 5.19. The lowest BCUT2D eigenvalue weighted by atomic mass is 10.3. The highest BCUT2D eigenvalue weighted by Crippen LogP contribution is 2.03. The monoisotopic (exact) mass is 313 g/mol. The third-order valence-corrected chi connectivity index (χ3v) is 2.80. The molecule has 8 nitrogen and oxygen atoms in total. The zero-order chi connectivity index (χ0) is 15.1. The SMILES string of the molecule is CCCC[n+]1ccc(S(=O)(=O)O)cc1.O=S(=O)([O-])O. The Hall–Kier alpha value is -1.07. The van der Waals surface area contributed by atoms with Gasteiger partial charge in [0.05, 0.1) is 0 Å². The van der Waals surface area contributed by atoms with Gasteiger partial charge in [-0.05, 0) is 0 Å². The molecule has 1 heterocycles. The Labute approximate surface area is 112 Å². The van der Waals surface area contributed by atoms with Crippen molar-refractivity contribution in [2.75, 3.05) is 0 Å². The molecule has 0 bridgehead atoms. The van der Waals surface area contributed by atoms with Gasteiger partial charge in [0, 0.05) is 18.6 Å². The van der Waals surface area contributed by atoms with Crippen molar-refractivity contribution in [1.29, 1.82) is 0 Å². The van der Waals surface area contributed by atoms with Crippen molar-refractivity contribution in [3.05, 3.63) is 24.5 Å². The molecule has 0 aromatic carbocycles. The second-order valence-corrected chi connectivity index (χ2v) is 5.81. The smallest absolute Gasteiger partial charge is 0.294 e. The molecule has 0 amide bonds. The van der Waals surface area contributed by atoms with Gasteiger partial charge in [0.2, 0.25) is 10.4 Å². The first-order chi connectivity index (χ1) is 8.54. The van der Waals surface area contributed by atoms with Crippen LogP contribution in [0.2, 0.25) is 0 Å². The minimum atomic E-state index is -4.92. The maximum Gasteiger partial charge on any atom is 0.294 e. The van der Waals surface area contributed by atoms with Crippen molar-refractivity contribution in [2.45, 2.75) is 31.2 Å². The summed E-state index contributed by atoms with van der Waals surface area (Å²) in [6, 6.07) is 2.79. The average molecular weight is 313 g/mol. The fourth-order valence-corrected chi connectivity index (χ4v) is 1.57. The number of aryl methyl sites for hydroxylation is 1. The summed E-state index contributed by atoms with van der Waals surface area (Å²) in [5.41, 5.74) is 0. The van der Waals surface area contributed by atoms with E-state index in [2.05, 4.69) is 6.92 Å². The first kappa shape index (κ1) is 17.9. The van der Waals surface area contributed by atoms with E-state index in [9.17, 15) is 8.42 Å². The second kappa shape index (κ2) is 7.50. The summed E-state index contributed by atoms with van der Waals surface area (Å²) in [5.74, 6) is 0. The van der Waals surface area contributed by atoms with E-state index in [-0.39, 0.29) is 4.90 Å². The van der Waals surface area contributed by atoms with Crippen molar-refractivity contribution in [3.63, 3.8) is 0 Å². The number of unbranched alkanes of at least 4 members (excludes halogenated alkanes) is 1. The third kappa shape index (κ3) is 10.5. The standard InChI is InChI=1S/C9H13NO3S.H2O4S/c1-2-3-6-10-7-4-9(5-8-10)14(11,12)13;1-5(2,3)4/h4-5,7-8H,2-3,6H2,1H3;(H2,1,2,3,4). The van der Waals surface area contributed by atoms with E-state index in [1.807, 2.05) is 4.57 Å². The summed E-state index contributed by atoms with van der Waals surface area (Å²) in [7, 11) is -8.97. The van der Waals surface area contributed by atoms with Gasteiger partial charge in [-0.15, -0.1) is 0 Å². The Balaban J connectivity index is 0.000000555. The van der Waals surface area contributed by atoms with Crippen molar-refractivity contribution in [1.82, 2.24) is 0 Å². The lowest BCUT2D eigenvalue weighted by Gasteiger charge is -1.96. The van der Waals surface area contributed by atoms with Crippen LogP contribution in [-0.2, 0) is 27.1 Å². The minimum Gasteiger partial charge on any atom is -0.726 e. The fraction of sp³-hybridized carbons (Fsp3) is 0.444. The van der Waals surface area contributed by atoms with E-state index in [1.54, 1.807) is 12.4 Å². The molecule has 110 valence electrons. The molecule has 0 atom stereocenters. The Morgan fingerprint density at radius 3 is 1.89 bits per heavy atom. The summed E-state index contributed by atoms with van der Waals surface area (Å²) in [6.45, 7) is 2.95. The lowest BCUT2D eigenvalue weighted by molar-refractivity contribution is -0.697. The van der Waals surface area contributed by atoms with Crippen molar-refractivity contribution < 1.29 is 35.1 Å². The van der Waals surface area contributed by atoms with E-state index in [0.717, 1.165) is 19.4 Å². The Morgan fingerprint density at radius 2 is 1.58 bits per heavy atom. The van der Waals surface area contributed by atoms with Gasteiger partial charge in [-0.2, -0.15) is 8.42 Å². The van der Waals surface area contributed by atoms with E-state index < -0.39 is 20.5 Å². The minimum absolute atomic E-state index is 0.0646. The van der Waals surface area contributed by atoms with Crippen LogP contribution in [0.15, 0.2) is 29.4 Å². The van der Waals surface area contributed by atoms with Gasteiger partial charge < -0.3 is 4.55 Å². The largest absolute Gasteiger partial charge is 0.726 e. The molecule has 1 aromatic heterocycles. The molecule has 0 spiro atoms. The van der Waals surface area contributed by atoms with Gasteiger partial charge in [0.25, 0.3) is 10.1 Å². The topological polar surface area (TPSA) is 136 Å². The second-order valence-electron chi connectivity index (χ2n) is 3.53. The Kier molecular flexibility index (Phi) is 7.08. The van der Waals surface area contributed by atoms with Gasteiger partial charge in [-0.1, -0.05) is 13.3 Å². The molecule has 19 heavy (non-hydrogen) atoms. The van der Waals surface area contributed by atoms with Crippen LogP contribution in [0.1, 0.15) is 19.8 Å². The summed E-state index contributed by atoms with van der Waals surface area (Å²) in [4.78, 5) is -0.0646. The van der Waals surface area contributed by atoms with Gasteiger partial charge in [0.15, 0.2) is 12.4 Å². The number of hydrogen-bond acceptors (Lipinski definition) is 5. The third-order valence-electron chi connectivity index (χ3n) is 1.93. The molecule has 0 radical (unpaired) electrons. The highest BCUT2D eigenvalue weighted by atomic mass is 32.3. The number of hydrogen-bond donors (Lipinski definition) is 2. The molecule has 10 heteroatoms. The molecule has 0 aliphatic carbocycles. The van der Waals surface area contributed by atoms with Crippen LogP contribution in [0.4, 0.5) is 0 Å². The summed E-state index contributed by atoms with van der Waals surface area (Å²) in [5, 5.41) is 0. The normalized spacial score (nSPS) is 11.6. The molecule has 1 aromatic rings. The molecule has 0 fully saturated rings. The highest BCUT2D eigenvalue weighted by Gasteiger charge is 2.10. The number of rotatable bonds is 4. The predicted octanol–water partition coefficient (Wildman–Crippen LogP) is 0.0255. The Bertz CT molecular complexity index is 569. The Morgan fingerprint density at radius 1 is 1.16 bits per heavy atom. The molecule has 0 saturated heterocycles. The maximum atomic E-state index is 10.7. The fourth-order valence-electron chi connectivity index (χ4n) is 1.11. The molecule has 0 aliphatic heterocycles. The molecule has 1 rings (SSSR count). The van der Waals surface area contributed by atoms with Gasteiger partial charge in [-0.3, -0.25) is 9.11 Å². The van der Waals surface area contributed by atoms with Crippen LogP contribution in [0.3, 0.4) is 0 Å². The number of nitrogens with zero attached hydrogens (tertiary/aromatic N) is 1. The van der Waals surface area contributed by atoms with E-state index in [0.29, 0.717) is 0 Å². The molecular formula is C9H15NO7S2. The van der Waals surface area contributed by atoms with E-state index in [4.69, 9.17) is 22.1 Å². The summed E-state index contributed by atoms with van der Waals surface area (Å²) >= 11 is 0. The first-order valence-corrected chi connectivity index (χ1v) is 7.99. The van der Waals surface area contributed by atoms with Crippen LogP contribution < -0.4 is 4.57 Å². The van der Waals surface area contributed by atoms with Crippen LogP contribution in [0.5, 0.6) is 0 Å². The van der Waals surface area contributed by atoms with Crippen LogP contribution >= 0.6 is 0 Å². The number of pyridine rings is 1. The average Bonchev–Trinajstić information content (AvgIpc) is 2.23.